The highest BCUT2D eigenvalue weighted by atomic mass is 19.2. The normalized spacial score (nSPS) is 10.6. The molecule has 2 rings (SSSR count). The Morgan fingerprint density at radius 2 is 2.05 bits per heavy atom. The molecule has 0 aliphatic heterocycles. The zero-order valence-electron chi connectivity index (χ0n) is 11.1. The summed E-state index contributed by atoms with van der Waals surface area (Å²) >= 11 is 0. The summed E-state index contributed by atoms with van der Waals surface area (Å²) in [6, 6.07) is 4.06. The van der Waals surface area contributed by atoms with Crippen LogP contribution in [0, 0.1) is 11.6 Å². The van der Waals surface area contributed by atoms with Gasteiger partial charge >= 0.3 is 0 Å². The van der Waals surface area contributed by atoms with Crippen molar-refractivity contribution in [2.45, 2.75) is 6.54 Å². The molecule has 0 bridgehead atoms. The van der Waals surface area contributed by atoms with Crippen molar-refractivity contribution in [3.05, 3.63) is 41.7 Å². The van der Waals surface area contributed by atoms with Gasteiger partial charge in [-0.15, -0.1) is 0 Å². The Balaban J connectivity index is 2.13. The SMILES string of the molecule is CN(C)c1ncc(CNc2cccc(F)c2F)n1C. The van der Waals surface area contributed by atoms with Crippen LogP contribution in [0.1, 0.15) is 5.69 Å². The lowest BCUT2D eigenvalue weighted by Gasteiger charge is -2.13. The fourth-order valence-corrected chi connectivity index (χ4v) is 1.84. The van der Waals surface area contributed by atoms with Crippen molar-refractivity contribution in [3.8, 4) is 0 Å². The fourth-order valence-electron chi connectivity index (χ4n) is 1.84. The van der Waals surface area contributed by atoms with E-state index in [1.54, 1.807) is 6.20 Å². The molecule has 1 aromatic heterocycles. The van der Waals surface area contributed by atoms with E-state index in [0.29, 0.717) is 6.54 Å². The van der Waals surface area contributed by atoms with Gasteiger partial charge < -0.3 is 14.8 Å². The first-order valence-corrected chi connectivity index (χ1v) is 5.86. The number of benzene rings is 1. The minimum atomic E-state index is -0.863. The van der Waals surface area contributed by atoms with Gasteiger partial charge in [-0.05, 0) is 12.1 Å². The third kappa shape index (κ3) is 2.67. The molecular weight excluding hydrogens is 250 g/mol. The van der Waals surface area contributed by atoms with Crippen LogP contribution in [-0.4, -0.2) is 23.6 Å². The molecule has 1 heterocycles. The first-order valence-electron chi connectivity index (χ1n) is 5.86. The Kier molecular flexibility index (Phi) is 3.69. The number of hydrogen-bond acceptors (Lipinski definition) is 3. The molecule has 0 saturated heterocycles. The van der Waals surface area contributed by atoms with Crippen LogP contribution in [0.5, 0.6) is 0 Å². The second-order valence-corrected chi connectivity index (χ2v) is 4.46. The monoisotopic (exact) mass is 266 g/mol. The van der Waals surface area contributed by atoms with Gasteiger partial charge in [0.2, 0.25) is 5.95 Å². The van der Waals surface area contributed by atoms with Crippen LogP contribution in [0.4, 0.5) is 20.4 Å². The zero-order valence-corrected chi connectivity index (χ0v) is 11.1. The number of anilines is 2. The van der Waals surface area contributed by atoms with E-state index in [-0.39, 0.29) is 5.69 Å². The van der Waals surface area contributed by atoms with Crippen LogP contribution in [0.15, 0.2) is 24.4 Å². The number of nitrogens with one attached hydrogen (secondary N) is 1. The summed E-state index contributed by atoms with van der Waals surface area (Å²) in [6.07, 6.45) is 1.71. The fraction of sp³-hybridized carbons (Fsp3) is 0.308. The van der Waals surface area contributed by atoms with E-state index in [9.17, 15) is 8.78 Å². The van der Waals surface area contributed by atoms with Gasteiger partial charge in [-0.25, -0.2) is 13.8 Å². The van der Waals surface area contributed by atoms with E-state index in [1.165, 1.54) is 12.1 Å². The maximum atomic E-state index is 13.5. The quantitative estimate of drug-likeness (QED) is 0.922. The molecule has 1 aromatic carbocycles. The third-order valence-electron chi connectivity index (χ3n) is 2.87. The number of rotatable bonds is 4. The van der Waals surface area contributed by atoms with Crippen molar-refractivity contribution in [3.63, 3.8) is 0 Å². The maximum Gasteiger partial charge on any atom is 0.204 e. The molecule has 0 unspecified atom stereocenters. The van der Waals surface area contributed by atoms with Crippen LogP contribution in [0.2, 0.25) is 0 Å². The highest BCUT2D eigenvalue weighted by Crippen LogP contribution is 2.18. The van der Waals surface area contributed by atoms with E-state index in [4.69, 9.17) is 0 Å². The maximum absolute atomic E-state index is 13.5. The second-order valence-electron chi connectivity index (χ2n) is 4.46. The first kappa shape index (κ1) is 13.3. The highest BCUT2D eigenvalue weighted by molar-refractivity contribution is 5.45. The Bertz CT molecular complexity index is 578. The molecule has 0 radical (unpaired) electrons. The van der Waals surface area contributed by atoms with Gasteiger partial charge in [-0.2, -0.15) is 0 Å². The van der Waals surface area contributed by atoms with Crippen molar-refractivity contribution in [1.82, 2.24) is 9.55 Å². The molecule has 0 aliphatic rings. The van der Waals surface area contributed by atoms with Crippen molar-refractivity contribution >= 4 is 11.6 Å². The molecule has 0 atom stereocenters. The first-order chi connectivity index (χ1) is 9.00. The van der Waals surface area contributed by atoms with Gasteiger partial charge in [0.05, 0.1) is 24.1 Å². The standard InChI is InChI=1S/C13H16F2N4/c1-18(2)13-17-8-9(19(13)3)7-16-11-6-4-5-10(14)12(11)15/h4-6,8,16H,7H2,1-3H3. The van der Waals surface area contributed by atoms with Crippen molar-refractivity contribution < 1.29 is 8.78 Å². The predicted octanol–water partition coefficient (Wildman–Crippen LogP) is 2.38. The Hall–Kier alpha value is -2.11. The van der Waals surface area contributed by atoms with Crippen LogP contribution in [0.25, 0.3) is 0 Å². The molecule has 0 aliphatic carbocycles. The van der Waals surface area contributed by atoms with Crippen LogP contribution in [-0.2, 0) is 13.6 Å². The van der Waals surface area contributed by atoms with Gasteiger partial charge in [0.15, 0.2) is 11.6 Å². The average Bonchev–Trinajstić information content (AvgIpc) is 2.73. The Morgan fingerprint density at radius 1 is 1.32 bits per heavy atom. The molecule has 0 saturated carbocycles. The minimum Gasteiger partial charge on any atom is -0.377 e. The van der Waals surface area contributed by atoms with E-state index in [1.807, 2.05) is 30.6 Å². The lowest BCUT2D eigenvalue weighted by atomic mass is 10.3. The molecule has 0 fully saturated rings. The van der Waals surface area contributed by atoms with Crippen molar-refractivity contribution in [1.29, 1.82) is 0 Å². The minimum absolute atomic E-state index is 0.146. The molecule has 19 heavy (non-hydrogen) atoms. The molecular formula is C13H16F2N4. The summed E-state index contributed by atoms with van der Waals surface area (Å²) in [4.78, 5) is 6.13. The topological polar surface area (TPSA) is 33.1 Å². The number of halogens is 2. The third-order valence-corrected chi connectivity index (χ3v) is 2.87. The molecule has 1 N–H and O–H groups in total. The average molecular weight is 266 g/mol. The molecule has 0 amide bonds. The molecule has 2 aromatic rings. The van der Waals surface area contributed by atoms with E-state index < -0.39 is 11.6 Å². The highest BCUT2D eigenvalue weighted by Gasteiger charge is 2.10. The van der Waals surface area contributed by atoms with Crippen molar-refractivity contribution in [2.75, 3.05) is 24.3 Å². The van der Waals surface area contributed by atoms with Gasteiger partial charge in [0, 0.05) is 21.1 Å². The smallest absolute Gasteiger partial charge is 0.204 e. The summed E-state index contributed by atoms with van der Waals surface area (Å²) in [5, 5.41) is 2.87. The zero-order chi connectivity index (χ0) is 14.0. The second kappa shape index (κ2) is 5.26. The van der Waals surface area contributed by atoms with Crippen LogP contribution in [0.3, 0.4) is 0 Å². The summed E-state index contributed by atoms with van der Waals surface area (Å²) in [6.45, 7) is 0.373. The number of nitrogens with zero attached hydrogens (tertiary/aromatic N) is 3. The molecule has 4 nitrogen and oxygen atoms in total. The lowest BCUT2D eigenvalue weighted by Crippen LogP contribution is -2.15. The van der Waals surface area contributed by atoms with Crippen LogP contribution >= 0.6 is 0 Å². The van der Waals surface area contributed by atoms with Gasteiger partial charge in [-0.1, -0.05) is 6.07 Å². The van der Waals surface area contributed by atoms with Gasteiger partial charge in [0.25, 0.3) is 0 Å². The summed E-state index contributed by atoms with van der Waals surface area (Å²) in [7, 11) is 5.67. The molecule has 6 heteroatoms. The van der Waals surface area contributed by atoms with Crippen molar-refractivity contribution in [2.24, 2.45) is 7.05 Å². The van der Waals surface area contributed by atoms with E-state index >= 15 is 0 Å². The van der Waals surface area contributed by atoms with Gasteiger partial charge in [-0.3, -0.25) is 0 Å². The number of hydrogen-bond donors (Lipinski definition) is 1. The predicted molar refractivity (Wildman–Crippen MR) is 71.2 cm³/mol. The van der Waals surface area contributed by atoms with E-state index in [0.717, 1.165) is 17.7 Å². The Morgan fingerprint density at radius 3 is 2.68 bits per heavy atom. The van der Waals surface area contributed by atoms with Gasteiger partial charge in [0.1, 0.15) is 0 Å². The summed E-state index contributed by atoms with van der Waals surface area (Å²) in [5.41, 5.74) is 1.03. The Labute approximate surface area is 110 Å². The number of aromatic nitrogens is 2. The van der Waals surface area contributed by atoms with E-state index in [2.05, 4.69) is 10.3 Å². The lowest BCUT2D eigenvalue weighted by molar-refractivity contribution is 0.511. The summed E-state index contributed by atoms with van der Waals surface area (Å²) < 4.78 is 28.4. The largest absolute Gasteiger partial charge is 0.377 e. The van der Waals surface area contributed by atoms with Crippen LogP contribution < -0.4 is 10.2 Å². The number of imidazole rings is 1. The molecule has 0 spiro atoms. The summed E-state index contributed by atoms with van der Waals surface area (Å²) in [5.74, 6) is -0.919. The molecule has 102 valence electrons.